The number of hydrogen-bond donors (Lipinski definition) is 1. The summed E-state index contributed by atoms with van der Waals surface area (Å²) in [4.78, 5) is 11.8. The quantitative estimate of drug-likeness (QED) is 0.802. The molecule has 0 bridgehead atoms. The number of rotatable bonds is 4. The Balaban J connectivity index is 3.09. The first-order chi connectivity index (χ1) is 7.04. The van der Waals surface area contributed by atoms with E-state index in [1.54, 1.807) is 18.2 Å². The first kappa shape index (κ1) is 11.9. The van der Waals surface area contributed by atoms with Crippen LogP contribution in [0.5, 0.6) is 5.75 Å². The zero-order chi connectivity index (χ0) is 11.4. The second kappa shape index (κ2) is 5.07. The van der Waals surface area contributed by atoms with Gasteiger partial charge in [0.1, 0.15) is 5.75 Å². The van der Waals surface area contributed by atoms with E-state index in [9.17, 15) is 4.79 Å². The highest BCUT2D eigenvalue weighted by Crippen LogP contribution is 2.29. The van der Waals surface area contributed by atoms with Gasteiger partial charge in [0.05, 0.1) is 12.7 Å². The van der Waals surface area contributed by atoms with Gasteiger partial charge in [-0.1, -0.05) is 13.8 Å². The third-order valence-electron chi connectivity index (χ3n) is 1.78. The average molecular weight is 226 g/mol. The lowest BCUT2D eigenvalue weighted by Crippen LogP contribution is -2.01. The van der Waals surface area contributed by atoms with E-state index in [1.807, 2.05) is 13.8 Å². The minimum Gasteiger partial charge on any atom is -0.497 e. The monoisotopic (exact) mass is 226 g/mol. The Morgan fingerprint density at radius 1 is 1.47 bits per heavy atom. The minimum absolute atomic E-state index is 0.299. The first-order valence-electron chi connectivity index (χ1n) is 4.62. The van der Waals surface area contributed by atoms with Crippen molar-refractivity contribution in [2.24, 2.45) is 0 Å². The number of carboxylic acids is 1. The zero-order valence-electron chi connectivity index (χ0n) is 8.98. The van der Waals surface area contributed by atoms with Crippen LogP contribution in [-0.4, -0.2) is 23.4 Å². The van der Waals surface area contributed by atoms with Crippen LogP contribution in [0.4, 0.5) is 0 Å². The molecule has 0 aliphatic heterocycles. The fourth-order valence-electron chi connectivity index (χ4n) is 1.16. The van der Waals surface area contributed by atoms with Crippen molar-refractivity contribution in [3.8, 4) is 5.75 Å². The SMILES string of the molecule is COc1ccc(SC(C)C)c(C(=O)O)c1. The van der Waals surface area contributed by atoms with Gasteiger partial charge in [0, 0.05) is 10.1 Å². The van der Waals surface area contributed by atoms with E-state index in [0.717, 1.165) is 4.90 Å². The molecule has 1 aromatic carbocycles. The van der Waals surface area contributed by atoms with Gasteiger partial charge in [-0.3, -0.25) is 0 Å². The Kier molecular flexibility index (Phi) is 4.03. The highest BCUT2D eigenvalue weighted by atomic mass is 32.2. The summed E-state index contributed by atoms with van der Waals surface area (Å²) in [5.74, 6) is -0.349. The summed E-state index contributed by atoms with van der Waals surface area (Å²) in [6.07, 6.45) is 0. The second-order valence-corrected chi connectivity index (χ2v) is 4.95. The van der Waals surface area contributed by atoms with Gasteiger partial charge in [0.25, 0.3) is 0 Å². The summed E-state index contributed by atoms with van der Waals surface area (Å²) in [6, 6.07) is 5.11. The molecule has 0 aliphatic rings. The van der Waals surface area contributed by atoms with Gasteiger partial charge in [-0.25, -0.2) is 4.79 Å². The maximum Gasteiger partial charge on any atom is 0.336 e. The van der Waals surface area contributed by atoms with Gasteiger partial charge < -0.3 is 9.84 Å². The molecule has 0 fully saturated rings. The Hall–Kier alpha value is -1.16. The molecular weight excluding hydrogens is 212 g/mol. The van der Waals surface area contributed by atoms with Crippen LogP contribution in [0.3, 0.4) is 0 Å². The fraction of sp³-hybridized carbons (Fsp3) is 0.364. The van der Waals surface area contributed by atoms with Crippen molar-refractivity contribution in [2.45, 2.75) is 24.0 Å². The fourth-order valence-corrected chi connectivity index (χ4v) is 2.09. The van der Waals surface area contributed by atoms with E-state index in [2.05, 4.69) is 0 Å². The maximum absolute atomic E-state index is 11.0. The number of carbonyl (C=O) groups is 1. The summed E-state index contributed by atoms with van der Waals surface area (Å²) in [5.41, 5.74) is 0.299. The molecule has 0 heterocycles. The predicted octanol–water partition coefficient (Wildman–Crippen LogP) is 2.89. The van der Waals surface area contributed by atoms with Crippen LogP contribution in [0.2, 0.25) is 0 Å². The molecule has 3 nitrogen and oxygen atoms in total. The largest absolute Gasteiger partial charge is 0.497 e. The molecule has 0 amide bonds. The molecular formula is C11H14O3S. The maximum atomic E-state index is 11.0. The van der Waals surface area contributed by atoms with Crippen molar-refractivity contribution >= 4 is 17.7 Å². The Morgan fingerprint density at radius 3 is 2.60 bits per heavy atom. The van der Waals surface area contributed by atoms with Crippen LogP contribution in [0.15, 0.2) is 23.1 Å². The van der Waals surface area contributed by atoms with Gasteiger partial charge in [0.2, 0.25) is 0 Å². The molecule has 0 saturated carbocycles. The van der Waals surface area contributed by atoms with Gasteiger partial charge in [-0.2, -0.15) is 0 Å². The van der Waals surface area contributed by atoms with Crippen molar-refractivity contribution in [3.63, 3.8) is 0 Å². The standard InChI is InChI=1S/C11H14O3S/c1-7(2)15-10-5-4-8(14-3)6-9(10)11(12)13/h4-7H,1-3H3,(H,12,13). The van der Waals surface area contributed by atoms with Crippen LogP contribution in [0, 0.1) is 0 Å². The average Bonchev–Trinajstić information content (AvgIpc) is 2.17. The zero-order valence-corrected chi connectivity index (χ0v) is 9.80. The number of aromatic carboxylic acids is 1. The van der Waals surface area contributed by atoms with Crippen molar-refractivity contribution in [3.05, 3.63) is 23.8 Å². The Labute approximate surface area is 93.4 Å². The molecule has 0 aromatic heterocycles. The van der Waals surface area contributed by atoms with E-state index in [1.165, 1.54) is 18.9 Å². The van der Waals surface area contributed by atoms with E-state index >= 15 is 0 Å². The number of benzene rings is 1. The molecule has 4 heteroatoms. The van der Waals surface area contributed by atoms with Crippen LogP contribution in [-0.2, 0) is 0 Å². The smallest absolute Gasteiger partial charge is 0.336 e. The number of carboxylic acid groups (broad SMARTS) is 1. The lowest BCUT2D eigenvalue weighted by atomic mass is 10.2. The Morgan fingerprint density at radius 2 is 2.13 bits per heavy atom. The molecule has 1 N–H and O–H groups in total. The predicted molar refractivity (Wildman–Crippen MR) is 60.9 cm³/mol. The lowest BCUT2D eigenvalue weighted by Gasteiger charge is -2.09. The lowest BCUT2D eigenvalue weighted by molar-refractivity contribution is 0.0692. The highest BCUT2D eigenvalue weighted by molar-refractivity contribution is 8.00. The van der Waals surface area contributed by atoms with Crippen LogP contribution in [0.25, 0.3) is 0 Å². The van der Waals surface area contributed by atoms with Gasteiger partial charge in [-0.05, 0) is 18.2 Å². The summed E-state index contributed by atoms with van der Waals surface area (Å²) in [6.45, 7) is 4.06. The molecule has 15 heavy (non-hydrogen) atoms. The van der Waals surface area contributed by atoms with E-state index in [-0.39, 0.29) is 0 Å². The highest BCUT2D eigenvalue weighted by Gasteiger charge is 2.12. The summed E-state index contributed by atoms with van der Waals surface area (Å²) < 4.78 is 4.99. The van der Waals surface area contributed by atoms with Gasteiger partial charge in [-0.15, -0.1) is 11.8 Å². The molecule has 0 unspecified atom stereocenters. The van der Waals surface area contributed by atoms with Gasteiger partial charge >= 0.3 is 5.97 Å². The summed E-state index contributed by atoms with van der Waals surface area (Å²) >= 11 is 1.54. The first-order valence-corrected chi connectivity index (χ1v) is 5.50. The molecule has 1 rings (SSSR count). The van der Waals surface area contributed by atoms with Crippen LogP contribution >= 0.6 is 11.8 Å². The van der Waals surface area contributed by atoms with E-state index in [4.69, 9.17) is 9.84 Å². The summed E-state index contributed by atoms with van der Waals surface area (Å²) in [5, 5.41) is 9.39. The van der Waals surface area contributed by atoms with Crippen LogP contribution < -0.4 is 4.74 Å². The molecule has 0 saturated heterocycles. The third-order valence-corrected chi connectivity index (χ3v) is 2.86. The Bertz CT molecular complexity index is 361. The normalized spacial score (nSPS) is 10.4. The van der Waals surface area contributed by atoms with E-state index in [0.29, 0.717) is 16.6 Å². The van der Waals surface area contributed by atoms with Crippen molar-refractivity contribution < 1.29 is 14.6 Å². The van der Waals surface area contributed by atoms with Crippen LogP contribution in [0.1, 0.15) is 24.2 Å². The molecule has 0 spiro atoms. The number of hydrogen-bond acceptors (Lipinski definition) is 3. The summed E-state index contributed by atoms with van der Waals surface area (Å²) in [7, 11) is 1.52. The molecule has 1 aromatic rings. The van der Waals surface area contributed by atoms with Gasteiger partial charge in [0.15, 0.2) is 0 Å². The number of thioether (sulfide) groups is 1. The van der Waals surface area contributed by atoms with Crippen molar-refractivity contribution in [2.75, 3.05) is 7.11 Å². The van der Waals surface area contributed by atoms with Crippen molar-refractivity contribution in [1.29, 1.82) is 0 Å². The third kappa shape index (κ3) is 3.16. The molecule has 0 radical (unpaired) electrons. The topological polar surface area (TPSA) is 46.5 Å². The van der Waals surface area contributed by atoms with E-state index < -0.39 is 5.97 Å². The minimum atomic E-state index is -0.919. The molecule has 0 aliphatic carbocycles. The number of methoxy groups -OCH3 is 1. The number of ether oxygens (including phenoxy) is 1. The molecule has 0 atom stereocenters. The van der Waals surface area contributed by atoms with Crippen molar-refractivity contribution in [1.82, 2.24) is 0 Å². The molecule has 82 valence electrons. The second-order valence-electron chi connectivity index (χ2n) is 3.33.